The first-order valence-electron chi connectivity index (χ1n) is 7.37. The number of hydrogen-bond donors (Lipinski definition) is 1. The number of rotatable bonds is 6. The van der Waals surface area contributed by atoms with Crippen LogP contribution in [0.15, 0.2) is 48.5 Å². The number of nitrogens with one attached hydrogen (secondary N) is 1. The minimum atomic E-state index is -0.711. The summed E-state index contributed by atoms with van der Waals surface area (Å²) in [7, 11) is 1.25. The van der Waals surface area contributed by atoms with Gasteiger partial charge in [0.2, 0.25) is 0 Å². The van der Waals surface area contributed by atoms with Crippen molar-refractivity contribution >= 4 is 17.8 Å². The fourth-order valence-corrected chi connectivity index (χ4v) is 1.96. The molecule has 0 aliphatic heterocycles. The highest BCUT2D eigenvalue weighted by molar-refractivity contribution is 5.94. The molecule has 1 N–H and O–H groups in total. The highest BCUT2D eigenvalue weighted by atomic mass is 19.1. The molecule has 0 saturated heterocycles. The Balaban J connectivity index is 1.82. The van der Waals surface area contributed by atoms with E-state index in [2.05, 4.69) is 10.1 Å². The first-order chi connectivity index (χ1) is 12.0. The number of ether oxygens (including phenoxy) is 2. The van der Waals surface area contributed by atoms with Gasteiger partial charge in [-0.1, -0.05) is 18.2 Å². The number of methoxy groups -OCH3 is 1. The largest absolute Gasteiger partial charge is 0.465 e. The summed E-state index contributed by atoms with van der Waals surface area (Å²) in [5.41, 5.74) is 0.816. The van der Waals surface area contributed by atoms with E-state index in [-0.39, 0.29) is 12.1 Å². The van der Waals surface area contributed by atoms with Crippen molar-refractivity contribution in [3.8, 4) is 0 Å². The molecule has 130 valence electrons. The van der Waals surface area contributed by atoms with Crippen molar-refractivity contribution in [1.29, 1.82) is 0 Å². The molecule has 2 aromatic carbocycles. The number of carbonyl (C=O) groups excluding carboxylic acids is 3. The molecular formula is C18H16FNO5. The molecule has 6 nitrogen and oxygen atoms in total. The fourth-order valence-electron chi connectivity index (χ4n) is 1.96. The molecule has 7 heteroatoms. The monoisotopic (exact) mass is 345 g/mol. The van der Waals surface area contributed by atoms with E-state index in [0.29, 0.717) is 11.1 Å². The Labute approximate surface area is 143 Å². The van der Waals surface area contributed by atoms with Crippen LogP contribution in [0, 0.1) is 5.82 Å². The van der Waals surface area contributed by atoms with Crippen LogP contribution in [-0.4, -0.2) is 31.6 Å². The average molecular weight is 345 g/mol. The molecule has 0 heterocycles. The van der Waals surface area contributed by atoms with E-state index in [1.807, 2.05) is 0 Å². The van der Waals surface area contributed by atoms with Gasteiger partial charge >= 0.3 is 11.9 Å². The molecule has 0 spiro atoms. The standard InChI is InChI=1S/C18H16FNO5/c1-24-17(22)12-6-8-13(9-7-12)18(23)25-11-16(21)20-10-14-4-2-3-5-15(14)19/h2-9H,10-11H2,1H3,(H,20,21). The Bertz CT molecular complexity index is 773. The van der Waals surface area contributed by atoms with Gasteiger partial charge in [-0.3, -0.25) is 4.79 Å². The van der Waals surface area contributed by atoms with E-state index < -0.39 is 30.3 Å². The second-order valence-electron chi connectivity index (χ2n) is 5.01. The summed E-state index contributed by atoms with van der Waals surface area (Å²) in [4.78, 5) is 34.8. The maximum atomic E-state index is 13.4. The first-order valence-corrected chi connectivity index (χ1v) is 7.37. The summed E-state index contributed by atoms with van der Waals surface area (Å²) < 4.78 is 22.8. The Kier molecular flexibility index (Phi) is 6.22. The molecular weight excluding hydrogens is 329 g/mol. The lowest BCUT2D eigenvalue weighted by molar-refractivity contribution is -0.124. The molecule has 0 unspecified atom stereocenters. The predicted octanol–water partition coefficient (Wildman–Crippen LogP) is 2.09. The van der Waals surface area contributed by atoms with E-state index >= 15 is 0 Å². The molecule has 0 fully saturated rings. The van der Waals surface area contributed by atoms with Crippen LogP contribution in [0.2, 0.25) is 0 Å². The Morgan fingerprint density at radius 3 is 2.16 bits per heavy atom. The summed E-state index contributed by atoms with van der Waals surface area (Å²) in [6, 6.07) is 11.7. The van der Waals surface area contributed by atoms with Crippen LogP contribution in [-0.2, 0) is 20.8 Å². The summed E-state index contributed by atoms with van der Waals surface area (Å²) in [5, 5.41) is 2.46. The van der Waals surface area contributed by atoms with E-state index in [1.165, 1.54) is 37.4 Å². The van der Waals surface area contributed by atoms with Gasteiger partial charge in [-0.25, -0.2) is 14.0 Å². The number of hydrogen-bond acceptors (Lipinski definition) is 5. The van der Waals surface area contributed by atoms with Crippen LogP contribution in [0.5, 0.6) is 0 Å². The normalized spacial score (nSPS) is 10.0. The number of halogens is 1. The van der Waals surface area contributed by atoms with Crippen molar-refractivity contribution in [2.75, 3.05) is 13.7 Å². The van der Waals surface area contributed by atoms with Gasteiger partial charge in [0.1, 0.15) is 5.82 Å². The summed E-state index contributed by atoms with van der Waals surface area (Å²) in [6.45, 7) is -0.497. The number of amides is 1. The predicted molar refractivity (Wildman–Crippen MR) is 86.3 cm³/mol. The molecule has 0 aliphatic carbocycles. The maximum Gasteiger partial charge on any atom is 0.338 e. The molecule has 0 aromatic heterocycles. The van der Waals surface area contributed by atoms with Crippen LogP contribution in [0.1, 0.15) is 26.3 Å². The highest BCUT2D eigenvalue weighted by Gasteiger charge is 2.12. The summed E-state index contributed by atoms with van der Waals surface area (Å²) >= 11 is 0. The quantitative estimate of drug-likeness (QED) is 0.811. The fraction of sp³-hybridized carbons (Fsp3) is 0.167. The Hall–Kier alpha value is -3.22. The molecule has 0 bridgehead atoms. The van der Waals surface area contributed by atoms with Crippen molar-refractivity contribution in [3.63, 3.8) is 0 Å². The Morgan fingerprint density at radius 2 is 1.56 bits per heavy atom. The van der Waals surface area contributed by atoms with Crippen LogP contribution in [0.25, 0.3) is 0 Å². The SMILES string of the molecule is COC(=O)c1ccc(C(=O)OCC(=O)NCc2ccccc2F)cc1. The number of esters is 2. The van der Waals surface area contributed by atoms with Gasteiger partial charge in [0.15, 0.2) is 6.61 Å². The van der Waals surface area contributed by atoms with Gasteiger partial charge in [0, 0.05) is 12.1 Å². The number of benzene rings is 2. The summed E-state index contributed by atoms with van der Waals surface area (Å²) in [5.74, 6) is -2.21. The van der Waals surface area contributed by atoms with Gasteiger partial charge in [-0.2, -0.15) is 0 Å². The van der Waals surface area contributed by atoms with E-state index in [1.54, 1.807) is 18.2 Å². The van der Waals surface area contributed by atoms with Gasteiger partial charge in [-0.05, 0) is 30.3 Å². The lowest BCUT2D eigenvalue weighted by atomic mass is 10.1. The minimum absolute atomic E-state index is 0.00309. The molecule has 2 aromatic rings. The van der Waals surface area contributed by atoms with E-state index in [0.717, 1.165) is 0 Å². The van der Waals surface area contributed by atoms with Crippen LogP contribution < -0.4 is 5.32 Å². The highest BCUT2D eigenvalue weighted by Crippen LogP contribution is 2.08. The third kappa shape index (κ3) is 5.13. The molecule has 0 radical (unpaired) electrons. The molecule has 0 atom stereocenters. The molecule has 0 saturated carbocycles. The topological polar surface area (TPSA) is 81.7 Å². The lowest BCUT2D eigenvalue weighted by Crippen LogP contribution is -2.28. The van der Waals surface area contributed by atoms with Crippen molar-refractivity contribution in [2.45, 2.75) is 6.54 Å². The second kappa shape index (κ2) is 8.58. The van der Waals surface area contributed by atoms with Crippen molar-refractivity contribution < 1.29 is 28.2 Å². The zero-order chi connectivity index (χ0) is 18.2. The van der Waals surface area contributed by atoms with Crippen molar-refractivity contribution in [1.82, 2.24) is 5.32 Å². The zero-order valence-corrected chi connectivity index (χ0v) is 13.5. The lowest BCUT2D eigenvalue weighted by Gasteiger charge is -2.07. The van der Waals surface area contributed by atoms with Gasteiger partial charge in [-0.15, -0.1) is 0 Å². The minimum Gasteiger partial charge on any atom is -0.465 e. The van der Waals surface area contributed by atoms with Crippen LogP contribution >= 0.6 is 0 Å². The molecule has 25 heavy (non-hydrogen) atoms. The average Bonchev–Trinajstić information content (AvgIpc) is 2.65. The second-order valence-corrected chi connectivity index (χ2v) is 5.01. The maximum absolute atomic E-state index is 13.4. The molecule has 0 aliphatic rings. The van der Waals surface area contributed by atoms with Crippen LogP contribution in [0.3, 0.4) is 0 Å². The number of carbonyl (C=O) groups is 3. The third-order valence-corrected chi connectivity index (χ3v) is 3.31. The Morgan fingerprint density at radius 1 is 0.960 bits per heavy atom. The summed E-state index contributed by atoms with van der Waals surface area (Å²) in [6.07, 6.45) is 0. The first kappa shape index (κ1) is 18.1. The molecule has 2 rings (SSSR count). The van der Waals surface area contributed by atoms with Gasteiger partial charge < -0.3 is 14.8 Å². The smallest absolute Gasteiger partial charge is 0.338 e. The van der Waals surface area contributed by atoms with Crippen molar-refractivity contribution in [3.05, 3.63) is 71.0 Å². The zero-order valence-electron chi connectivity index (χ0n) is 13.5. The van der Waals surface area contributed by atoms with Gasteiger partial charge in [0.25, 0.3) is 5.91 Å². The van der Waals surface area contributed by atoms with Crippen LogP contribution in [0.4, 0.5) is 4.39 Å². The molecule has 1 amide bonds. The third-order valence-electron chi connectivity index (χ3n) is 3.31. The van der Waals surface area contributed by atoms with Gasteiger partial charge in [0.05, 0.1) is 18.2 Å². The van der Waals surface area contributed by atoms with E-state index in [4.69, 9.17) is 4.74 Å². The van der Waals surface area contributed by atoms with Crippen molar-refractivity contribution in [2.24, 2.45) is 0 Å². The van der Waals surface area contributed by atoms with E-state index in [9.17, 15) is 18.8 Å².